The predicted molar refractivity (Wildman–Crippen MR) is 260 cm³/mol. The number of rotatable bonds is 7. The summed E-state index contributed by atoms with van der Waals surface area (Å²) in [6.45, 7) is 0. The van der Waals surface area contributed by atoms with Crippen LogP contribution in [0.3, 0.4) is 0 Å². The fourth-order valence-electron chi connectivity index (χ4n) is 9.70. The van der Waals surface area contributed by atoms with Gasteiger partial charge >= 0.3 is 0 Å². The Hall–Kier alpha value is -8.12. The van der Waals surface area contributed by atoms with Gasteiger partial charge in [-0.3, -0.25) is 0 Å². The molecule has 0 fully saturated rings. The summed E-state index contributed by atoms with van der Waals surface area (Å²) < 4.78 is 6.79. The quantitative estimate of drug-likeness (QED) is 0.118. The van der Waals surface area contributed by atoms with E-state index in [1.807, 2.05) is 0 Å². The zero-order valence-electron chi connectivity index (χ0n) is 34.0. The highest BCUT2D eigenvalue weighted by Crippen LogP contribution is 2.45. The van der Waals surface area contributed by atoms with E-state index in [0.717, 1.165) is 67.9 Å². The third kappa shape index (κ3) is 5.98. The van der Waals surface area contributed by atoms with Crippen molar-refractivity contribution in [3.63, 3.8) is 0 Å². The average Bonchev–Trinajstić information content (AvgIpc) is 3.73. The largest absolute Gasteiger partial charge is 0.455 e. The summed E-state index contributed by atoms with van der Waals surface area (Å²) in [5, 5.41) is 9.26. The van der Waals surface area contributed by atoms with Gasteiger partial charge in [0.25, 0.3) is 0 Å². The van der Waals surface area contributed by atoms with E-state index in [4.69, 9.17) is 4.42 Å². The van der Waals surface area contributed by atoms with Crippen LogP contribution < -0.4 is 15.5 Å². The number of anilines is 2. The van der Waals surface area contributed by atoms with Crippen LogP contribution in [-0.4, -0.2) is 0 Å². The van der Waals surface area contributed by atoms with E-state index in [1.54, 1.807) is 0 Å². The molecular weight excluding hydrogens is 751 g/mol. The van der Waals surface area contributed by atoms with Crippen LogP contribution in [0.1, 0.15) is 24.0 Å². The van der Waals surface area contributed by atoms with Crippen LogP contribution >= 0.6 is 0 Å². The minimum Gasteiger partial charge on any atom is -0.455 e. The van der Waals surface area contributed by atoms with E-state index in [0.29, 0.717) is 0 Å². The fourth-order valence-corrected chi connectivity index (χ4v) is 9.70. The van der Waals surface area contributed by atoms with Crippen LogP contribution in [0.4, 0.5) is 11.4 Å². The summed E-state index contributed by atoms with van der Waals surface area (Å²) in [6.07, 6.45) is 8.70. The van der Waals surface area contributed by atoms with Gasteiger partial charge in [-0.05, 0) is 115 Å². The van der Waals surface area contributed by atoms with Gasteiger partial charge in [-0.15, -0.1) is 0 Å². The van der Waals surface area contributed by atoms with E-state index in [1.165, 1.54) is 60.5 Å². The van der Waals surface area contributed by atoms with Gasteiger partial charge in [0, 0.05) is 28.1 Å². The van der Waals surface area contributed by atoms with Crippen molar-refractivity contribution in [1.29, 1.82) is 0 Å². The Morgan fingerprint density at radius 3 is 2.00 bits per heavy atom. The minimum atomic E-state index is 0.779. The Bertz CT molecular complexity index is 3720. The first kappa shape index (κ1) is 35.8. The van der Waals surface area contributed by atoms with Gasteiger partial charge in [-0.2, -0.15) is 0 Å². The fraction of sp³-hybridized carbons (Fsp3) is 0.0333. The highest BCUT2D eigenvalue weighted by Gasteiger charge is 2.24. The Morgan fingerprint density at radius 2 is 1.15 bits per heavy atom. The maximum Gasteiger partial charge on any atom is 0.146 e. The molecule has 0 unspecified atom stereocenters. The molecular formula is C60H39NO. The minimum absolute atomic E-state index is 0.779. The van der Waals surface area contributed by atoms with Crippen molar-refractivity contribution in [2.24, 2.45) is 0 Å². The Balaban J connectivity index is 1.10. The molecule has 9 aromatic carbocycles. The molecule has 0 amide bonds. The summed E-state index contributed by atoms with van der Waals surface area (Å²) in [4.78, 5) is 2.35. The molecule has 1 aromatic heterocycles. The number of furan rings is 1. The first-order valence-corrected chi connectivity index (χ1v) is 21.4. The van der Waals surface area contributed by atoms with Crippen LogP contribution in [0.15, 0.2) is 222 Å². The standard InChI is InChI=1S/C60H39NO/c1-2-17-40(18-3-1)46-23-8-9-24-47(46)42-21-16-22-44(37-42)61(45-34-36-55-56-35-33-41-19-4-7-26-49(41)60(56)62-59(55)39-45)58-32-15-14-31-54(58)51-28-11-13-30-53(51)57-38-43-20-5-6-25-48(43)50-27-10-12-29-52(50)57/h1-10,12-27,29-33,35,37-39H,11,28H2. The van der Waals surface area contributed by atoms with Crippen molar-refractivity contribution in [3.8, 4) is 22.3 Å². The lowest BCUT2D eigenvalue weighted by atomic mass is 9.84. The topological polar surface area (TPSA) is 16.4 Å². The molecule has 0 atom stereocenters. The molecule has 0 spiro atoms. The number of fused-ring (bicyclic) bond motifs is 8. The normalized spacial score (nSPS) is 13.3. The highest BCUT2D eigenvalue weighted by atomic mass is 16.3. The van der Waals surface area contributed by atoms with E-state index >= 15 is 0 Å². The Labute approximate surface area is 359 Å². The van der Waals surface area contributed by atoms with Gasteiger partial charge in [0.1, 0.15) is 16.7 Å². The van der Waals surface area contributed by atoms with Gasteiger partial charge in [-0.25, -0.2) is 0 Å². The number of nitrogens with zero attached hydrogens (tertiary/aromatic N) is 1. The van der Waals surface area contributed by atoms with Crippen LogP contribution in [0.25, 0.3) is 88.5 Å². The number of benzene rings is 9. The summed E-state index contributed by atoms with van der Waals surface area (Å²) in [6, 6.07) is 69.9. The number of allylic oxidation sites excluding steroid dienone is 5. The molecule has 1 heterocycles. The van der Waals surface area contributed by atoms with E-state index in [-0.39, 0.29) is 0 Å². The molecule has 0 N–H and O–H groups in total. The van der Waals surface area contributed by atoms with Crippen molar-refractivity contribution < 1.29 is 4.42 Å². The average molecular weight is 790 g/mol. The van der Waals surface area contributed by atoms with E-state index in [9.17, 15) is 0 Å². The van der Waals surface area contributed by atoms with E-state index < -0.39 is 0 Å². The van der Waals surface area contributed by atoms with E-state index in [2.05, 4.69) is 229 Å². The zero-order valence-corrected chi connectivity index (χ0v) is 34.0. The Kier molecular flexibility index (Phi) is 8.58. The number of para-hydroxylation sites is 1. The lowest BCUT2D eigenvalue weighted by Gasteiger charge is -2.30. The molecule has 0 bridgehead atoms. The van der Waals surface area contributed by atoms with Crippen molar-refractivity contribution in [3.05, 3.63) is 239 Å². The van der Waals surface area contributed by atoms with Gasteiger partial charge in [0.15, 0.2) is 0 Å². The van der Waals surface area contributed by atoms with Gasteiger partial charge in [-0.1, -0.05) is 182 Å². The molecule has 290 valence electrons. The van der Waals surface area contributed by atoms with Crippen molar-refractivity contribution in [2.45, 2.75) is 12.8 Å². The van der Waals surface area contributed by atoms with Gasteiger partial charge in [0.2, 0.25) is 0 Å². The number of hydrogen-bond acceptors (Lipinski definition) is 2. The third-order valence-corrected chi connectivity index (χ3v) is 12.6. The molecule has 0 saturated carbocycles. The van der Waals surface area contributed by atoms with Crippen molar-refractivity contribution in [1.82, 2.24) is 0 Å². The van der Waals surface area contributed by atoms with Crippen LogP contribution in [0.2, 0.25) is 0 Å². The van der Waals surface area contributed by atoms with Crippen molar-refractivity contribution in [2.75, 3.05) is 4.90 Å². The second-order valence-electron chi connectivity index (χ2n) is 16.1. The molecule has 12 rings (SSSR count). The number of hydrogen-bond donors (Lipinski definition) is 0. The molecule has 2 nitrogen and oxygen atoms in total. The third-order valence-electron chi connectivity index (χ3n) is 12.6. The Morgan fingerprint density at radius 1 is 0.468 bits per heavy atom. The first-order chi connectivity index (χ1) is 30.8. The molecule has 62 heavy (non-hydrogen) atoms. The first-order valence-electron chi connectivity index (χ1n) is 21.4. The maximum absolute atomic E-state index is 6.79. The summed E-state index contributed by atoms with van der Waals surface area (Å²) >= 11 is 0. The van der Waals surface area contributed by atoms with Crippen molar-refractivity contribution >= 4 is 77.6 Å². The lowest BCUT2D eigenvalue weighted by Crippen LogP contribution is -2.25. The SMILES string of the molecule is C1=C=c2c(oc3c2ccc2ccccc23)=CC=1N(c1cccc(-c2ccccc2-c2ccccc2)c1)c1ccccc1C1=C(c2cc3ccccc3c3ccccc23)C=CCC1. The molecule has 10 aromatic rings. The monoisotopic (exact) mass is 789 g/mol. The second kappa shape index (κ2) is 14.9. The summed E-state index contributed by atoms with van der Waals surface area (Å²) in [5.74, 6) is 0. The molecule has 0 radical (unpaired) electrons. The molecule has 0 aliphatic heterocycles. The van der Waals surface area contributed by atoms with Crippen LogP contribution in [0.5, 0.6) is 0 Å². The second-order valence-corrected chi connectivity index (χ2v) is 16.1. The lowest BCUT2D eigenvalue weighted by molar-refractivity contribution is 0.578. The maximum atomic E-state index is 6.79. The van der Waals surface area contributed by atoms with Crippen LogP contribution in [0, 0.1) is 0 Å². The smallest absolute Gasteiger partial charge is 0.146 e. The van der Waals surface area contributed by atoms with Gasteiger partial charge in [0.05, 0.1) is 10.9 Å². The molecule has 2 aliphatic rings. The summed E-state index contributed by atoms with van der Waals surface area (Å²) in [5.41, 5.74) is 21.5. The predicted octanol–water partition coefficient (Wildman–Crippen LogP) is 14.5. The zero-order chi connectivity index (χ0) is 41.0. The highest BCUT2D eigenvalue weighted by molar-refractivity contribution is 6.15. The molecule has 0 saturated heterocycles. The summed E-state index contributed by atoms with van der Waals surface area (Å²) in [7, 11) is 0. The molecule has 2 aliphatic carbocycles. The van der Waals surface area contributed by atoms with Gasteiger partial charge < -0.3 is 9.32 Å². The van der Waals surface area contributed by atoms with Crippen LogP contribution in [-0.2, 0) is 0 Å². The molecule has 2 heteroatoms.